The third kappa shape index (κ3) is 2.47. The molecule has 2 heteroatoms. The topological polar surface area (TPSA) is 15.3 Å². The van der Waals surface area contributed by atoms with Crippen LogP contribution in [-0.4, -0.2) is 19.1 Å². The smallest absolute Gasteiger partial charge is 0.0373 e. The zero-order chi connectivity index (χ0) is 12.5. The van der Waals surface area contributed by atoms with Crippen LogP contribution in [0.5, 0.6) is 0 Å². The minimum absolute atomic E-state index is 0.626. The molecule has 98 valence electrons. The first-order valence-corrected chi connectivity index (χ1v) is 7.36. The maximum Gasteiger partial charge on any atom is 0.0373 e. The lowest BCUT2D eigenvalue weighted by Crippen LogP contribution is -2.19. The summed E-state index contributed by atoms with van der Waals surface area (Å²) in [6.45, 7) is 6.99. The number of benzene rings is 1. The fraction of sp³-hybridized carbons (Fsp3) is 0.625. The van der Waals surface area contributed by atoms with Gasteiger partial charge in [-0.25, -0.2) is 0 Å². The standard InChI is InChI=1S/C16H24N2/c1-12-11-15(18-9-3-4-10-18)7-8-16(12)17-13(2)14-5-6-14/h7-8,11,13-14,17H,3-6,9-10H2,1-2H3. The van der Waals surface area contributed by atoms with E-state index in [1.165, 1.54) is 55.7 Å². The lowest BCUT2D eigenvalue weighted by molar-refractivity contribution is 0.693. The Kier molecular flexibility index (Phi) is 3.19. The number of nitrogens with one attached hydrogen (secondary N) is 1. The van der Waals surface area contributed by atoms with Gasteiger partial charge in [-0.2, -0.15) is 0 Å². The normalized spacial score (nSPS) is 21.1. The van der Waals surface area contributed by atoms with Crippen LogP contribution in [0, 0.1) is 12.8 Å². The first kappa shape index (κ1) is 11.9. The van der Waals surface area contributed by atoms with Crippen LogP contribution >= 0.6 is 0 Å². The van der Waals surface area contributed by atoms with Crippen LogP contribution < -0.4 is 10.2 Å². The van der Waals surface area contributed by atoms with Crippen LogP contribution in [0.4, 0.5) is 11.4 Å². The molecule has 2 aliphatic rings. The number of hydrogen-bond donors (Lipinski definition) is 1. The Bertz CT molecular complexity index is 417. The van der Waals surface area contributed by atoms with Crippen molar-refractivity contribution in [1.82, 2.24) is 0 Å². The largest absolute Gasteiger partial charge is 0.382 e. The van der Waals surface area contributed by atoms with Crippen molar-refractivity contribution in [2.45, 2.75) is 45.6 Å². The molecule has 1 aliphatic carbocycles. The molecule has 0 radical (unpaired) electrons. The van der Waals surface area contributed by atoms with E-state index in [0.717, 1.165) is 5.92 Å². The monoisotopic (exact) mass is 244 g/mol. The van der Waals surface area contributed by atoms with Gasteiger partial charge in [0.25, 0.3) is 0 Å². The molecule has 0 spiro atoms. The summed E-state index contributed by atoms with van der Waals surface area (Å²) in [5.74, 6) is 0.905. The van der Waals surface area contributed by atoms with Gasteiger partial charge in [0, 0.05) is 30.5 Å². The van der Waals surface area contributed by atoms with Crippen LogP contribution in [0.15, 0.2) is 18.2 Å². The van der Waals surface area contributed by atoms with Crippen LogP contribution in [0.2, 0.25) is 0 Å². The summed E-state index contributed by atoms with van der Waals surface area (Å²) in [4.78, 5) is 2.50. The van der Waals surface area contributed by atoms with E-state index in [9.17, 15) is 0 Å². The maximum atomic E-state index is 3.67. The molecule has 1 atom stereocenters. The van der Waals surface area contributed by atoms with Crippen molar-refractivity contribution in [3.8, 4) is 0 Å². The predicted molar refractivity (Wildman–Crippen MR) is 78.4 cm³/mol. The van der Waals surface area contributed by atoms with Gasteiger partial charge in [0.2, 0.25) is 0 Å². The summed E-state index contributed by atoms with van der Waals surface area (Å²) in [7, 11) is 0. The van der Waals surface area contributed by atoms with Gasteiger partial charge in [0.1, 0.15) is 0 Å². The van der Waals surface area contributed by atoms with E-state index < -0.39 is 0 Å². The number of aryl methyl sites for hydroxylation is 1. The van der Waals surface area contributed by atoms with Gasteiger partial charge in [-0.15, -0.1) is 0 Å². The highest BCUT2D eigenvalue weighted by Gasteiger charge is 2.28. The average Bonchev–Trinajstić information content (AvgIpc) is 3.07. The Morgan fingerprint density at radius 3 is 2.56 bits per heavy atom. The highest BCUT2D eigenvalue weighted by molar-refractivity contribution is 5.61. The van der Waals surface area contributed by atoms with E-state index in [-0.39, 0.29) is 0 Å². The average molecular weight is 244 g/mol. The van der Waals surface area contributed by atoms with Crippen molar-refractivity contribution < 1.29 is 0 Å². The van der Waals surface area contributed by atoms with Gasteiger partial charge in [-0.1, -0.05) is 0 Å². The van der Waals surface area contributed by atoms with E-state index in [4.69, 9.17) is 0 Å². The minimum atomic E-state index is 0.626. The molecule has 1 aromatic rings. The zero-order valence-corrected chi connectivity index (χ0v) is 11.6. The molecule has 1 aliphatic heterocycles. The first-order chi connectivity index (χ1) is 8.74. The fourth-order valence-corrected chi connectivity index (χ4v) is 2.94. The Morgan fingerprint density at radius 2 is 1.94 bits per heavy atom. The van der Waals surface area contributed by atoms with Gasteiger partial charge in [-0.3, -0.25) is 0 Å². The minimum Gasteiger partial charge on any atom is -0.382 e. The Labute approximate surface area is 110 Å². The summed E-state index contributed by atoms with van der Waals surface area (Å²) in [5, 5.41) is 3.67. The molecule has 0 amide bonds. The fourth-order valence-electron chi connectivity index (χ4n) is 2.94. The third-order valence-corrected chi connectivity index (χ3v) is 4.39. The van der Waals surface area contributed by atoms with Gasteiger partial charge >= 0.3 is 0 Å². The van der Waals surface area contributed by atoms with Crippen LogP contribution in [-0.2, 0) is 0 Å². The number of anilines is 2. The summed E-state index contributed by atoms with van der Waals surface area (Å²) in [6.07, 6.45) is 5.49. The summed E-state index contributed by atoms with van der Waals surface area (Å²) in [5.41, 5.74) is 4.10. The van der Waals surface area contributed by atoms with Gasteiger partial charge in [0.05, 0.1) is 0 Å². The Balaban J connectivity index is 1.71. The predicted octanol–water partition coefficient (Wildman–Crippen LogP) is 3.81. The molecule has 2 fully saturated rings. The quantitative estimate of drug-likeness (QED) is 0.866. The van der Waals surface area contributed by atoms with Crippen LogP contribution in [0.1, 0.15) is 38.2 Å². The number of hydrogen-bond acceptors (Lipinski definition) is 2. The molecule has 0 aromatic heterocycles. The zero-order valence-electron chi connectivity index (χ0n) is 11.6. The molecule has 2 nitrogen and oxygen atoms in total. The first-order valence-electron chi connectivity index (χ1n) is 7.36. The second-order valence-corrected chi connectivity index (χ2v) is 5.96. The van der Waals surface area contributed by atoms with E-state index in [0.29, 0.717) is 6.04 Å². The van der Waals surface area contributed by atoms with Crippen molar-refractivity contribution in [3.63, 3.8) is 0 Å². The lowest BCUT2D eigenvalue weighted by atomic mass is 10.1. The Morgan fingerprint density at radius 1 is 1.22 bits per heavy atom. The number of rotatable bonds is 4. The molecule has 18 heavy (non-hydrogen) atoms. The molecule has 1 unspecified atom stereocenters. The SMILES string of the molecule is Cc1cc(N2CCCC2)ccc1NC(C)C1CC1. The second-order valence-electron chi connectivity index (χ2n) is 5.96. The second kappa shape index (κ2) is 4.83. The third-order valence-electron chi connectivity index (χ3n) is 4.39. The summed E-state index contributed by atoms with van der Waals surface area (Å²) in [6, 6.07) is 7.51. The molecule has 0 bridgehead atoms. The summed E-state index contributed by atoms with van der Waals surface area (Å²) < 4.78 is 0. The van der Waals surface area contributed by atoms with E-state index in [2.05, 4.69) is 42.3 Å². The van der Waals surface area contributed by atoms with Gasteiger partial charge in [0.15, 0.2) is 0 Å². The van der Waals surface area contributed by atoms with Crippen molar-refractivity contribution >= 4 is 11.4 Å². The highest BCUT2D eigenvalue weighted by Crippen LogP contribution is 2.35. The molecule has 1 heterocycles. The van der Waals surface area contributed by atoms with E-state index >= 15 is 0 Å². The maximum absolute atomic E-state index is 3.67. The van der Waals surface area contributed by atoms with Crippen molar-refractivity contribution in [3.05, 3.63) is 23.8 Å². The summed E-state index contributed by atoms with van der Waals surface area (Å²) >= 11 is 0. The molecular formula is C16H24N2. The number of nitrogens with zero attached hydrogens (tertiary/aromatic N) is 1. The van der Waals surface area contributed by atoms with E-state index in [1.807, 2.05) is 0 Å². The van der Waals surface area contributed by atoms with Crippen LogP contribution in [0.3, 0.4) is 0 Å². The van der Waals surface area contributed by atoms with Crippen LogP contribution in [0.25, 0.3) is 0 Å². The van der Waals surface area contributed by atoms with Crippen molar-refractivity contribution in [1.29, 1.82) is 0 Å². The molecule has 1 aromatic carbocycles. The van der Waals surface area contributed by atoms with Crippen molar-refractivity contribution in [2.75, 3.05) is 23.3 Å². The molecule has 3 rings (SSSR count). The molecule has 1 N–H and O–H groups in total. The molecule has 1 saturated carbocycles. The Hall–Kier alpha value is -1.18. The van der Waals surface area contributed by atoms with Gasteiger partial charge in [-0.05, 0) is 69.2 Å². The van der Waals surface area contributed by atoms with Gasteiger partial charge < -0.3 is 10.2 Å². The lowest BCUT2D eigenvalue weighted by Gasteiger charge is -2.21. The highest BCUT2D eigenvalue weighted by atomic mass is 15.1. The van der Waals surface area contributed by atoms with E-state index in [1.54, 1.807) is 0 Å². The molecular weight excluding hydrogens is 220 g/mol. The van der Waals surface area contributed by atoms with Crippen molar-refractivity contribution in [2.24, 2.45) is 5.92 Å². The molecule has 1 saturated heterocycles.